The maximum absolute atomic E-state index is 12.7. The quantitative estimate of drug-likeness (QED) is 0.306. The van der Waals surface area contributed by atoms with Crippen LogP contribution in [0.5, 0.6) is 5.75 Å². The Balaban J connectivity index is 1.67. The number of fused-ring (bicyclic) bond motifs is 1. The maximum Gasteiger partial charge on any atom is 0.244 e. The second kappa shape index (κ2) is 10.0. The van der Waals surface area contributed by atoms with Crippen molar-refractivity contribution < 1.29 is 13.9 Å². The Morgan fingerprint density at radius 2 is 1.84 bits per heavy atom. The number of methoxy groups -OCH3 is 1. The average molecular weight is 472 g/mol. The molecule has 1 N–H and O–H groups in total. The van der Waals surface area contributed by atoms with Crippen molar-refractivity contribution in [1.29, 1.82) is 0 Å². The van der Waals surface area contributed by atoms with Gasteiger partial charge in [0.05, 0.1) is 18.4 Å². The lowest BCUT2D eigenvalue weighted by atomic mass is 9.99. The van der Waals surface area contributed by atoms with E-state index in [-0.39, 0.29) is 11.9 Å². The van der Waals surface area contributed by atoms with Crippen molar-refractivity contribution in [2.24, 2.45) is 0 Å². The standard InChI is InChI=1S/C26H27Cl2NO3/c1-16(11-26(30)29-18-7-5-3-4-6-8-18)20-13-21-22(15-32-25(21)14-24(20)31-2)19-10-9-17(27)12-23(19)28/h9-15,18H,3-8H2,1-2H3,(H,29,30)/b16-11+. The number of nitrogens with one attached hydrogen (secondary N) is 1. The van der Waals surface area contributed by atoms with E-state index < -0.39 is 0 Å². The minimum absolute atomic E-state index is 0.0651. The predicted octanol–water partition coefficient (Wildman–Crippen LogP) is 7.66. The average Bonchev–Trinajstić information content (AvgIpc) is 2.99. The molecule has 3 aromatic rings. The molecule has 168 valence electrons. The monoisotopic (exact) mass is 471 g/mol. The van der Waals surface area contributed by atoms with Crippen molar-refractivity contribution >= 4 is 45.7 Å². The van der Waals surface area contributed by atoms with Crippen LogP contribution < -0.4 is 10.1 Å². The lowest BCUT2D eigenvalue weighted by Gasteiger charge is -2.15. The third-order valence-corrected chi connectivity index (χ3v) is 6.64. The molecule has 0 bridgehead atoms. The molecule has 0 radical (unpaired) electrons. The lowest BCUT2D eigenvalue weighted by Crippen LogP contribution is -2.33. The normalized spacial score (nSPS) is 15.6. The topological polar surface area (TPSA) is 51.5 Å². The summed E-state index contributed by atoms with van der Waals surface area (Å²) in [6.45, 7) is 1.92. The van der Waals surface area contributed by atoms with Gasteiger partial charge in [0, 0.05) is 45.3 Å². The zero-order chi connectivity index (χ0) is 22.7. The highest BCUT2D eigenvalue weighted by Gasteiger charge is 2.18. The molecule has 1 heterocycles. The molecule has 0 atom stereocenters. The largest absolute Gasteiger partial charge is 0.496 e. The number of allylic oxidation sites excluding steroid dienone is 1. The minimum atomic E-state index is -0.0651. The molecule has 4 nitrogen and oxygen atoms in total. The number of benzene rings is 2. The Bertz CT molecular complexity index is 1160. The first kappa shape index (κ1) is 22.8. The Hall–Kier alpha value is -2.43. The summed E-state index contributed by atoms with van der Waals surface area (Å²) in [6, 6.07) is 9.48. The van der Waals surface area contributed by atoms with Gasteiger partial charge in [-0.2, -0.15) is 0 Å². The van der Waals surface area contributed by atoms with Crippen LogP contribution in [0.25, 0.3) is 27.7 Å². The van der Waals surface area contributed by atoms with Crippen LogP contribution in [0.15, 0.2) is 47.1 Å². The van der Waals surface area contributed by atoms with E-state index in [1.54, 1.807) is 31.6 Å². The molecule has 1 aromatic heterocycles. The van der Waals surface area contributed by atoms with Gasteiger partial charge in [0.2, 0.25) is 5.91 Å². The van der Waals surface area contributed by atoms with Crippen LogP contribution >= 0.6 is 23.2 Å². The third-order valence-electron chi connectivity index (χ3n) is 6.09. The fraction of sp³-hybridized carbons (Fsp3) is 0.346. The highest BCUT2D eigenvalue weighted by Crippen LogP contribution is 2.40. The van der Waals surface area contributed by atoms with Crippen molar-refractivity contribution in [3.05, 3.63) is 58.3 Å². The van der Waals surface area contributed by atoms with E-state index in [2.05, 4.69) is 5.32 Å². The number of halogens is 2. The third kappa shape index (κ3) is 4.97. The predicted molar refractivity (Wildman–Crippen MR) is 132 cm³/mol. The highest BCUT2D eigenvalue weighted by atomic mass is 35.5. The van der Waals surface area contributed by atoms with Gasteiger partial charge in [-0.1, -0.05) is 55.0 Å². The maximum atomic E-state index is 12.7. The van der Waals surface area contributed by atoms with E-state index in [1.807, 2.05) is 25.1 Å². The first-order valence-electron chi connectivity index (χ1n) is 11.0. The SMILES string of the molecule is COc1cc2occ(-c3ccc(Cl)cc3Cl)c2cc1/C(C)=C/C(=O)NC1CCCCCC1. The molecule has 2 aromatic carbocycles. The van der Waals surface area contributed by atoms with E-state index in [1.165, 1.54) is 25.7 Å². The van der Waals surface area contributed by atoms with Crippen molar-refractivity contribution in [2.75, 3.05) is 7.11 Å². The van der Waals surface area contributed by atoms with Crippen molar-refractivity contribution in [2.45, 2.75) is 51.5 Å². The van der Waals surface area contributed by atoms with Crippen LogP contribution in [-0.2, 0) is 4.79 Å². The molecule has 1 aliphatic carbocycles. The van der Waals surface area contributed by atoms with Gasteiger partial charge in [-0.15, -0.1) is 0 Å². The Kier molecular flexibility index (Phi) is 7.12. The van der Waals surface area contributed by atoms with E-state index >= 15 is 0 Å². The molecule has 0 aliphatic heterocycles. The number of furan rings is 1. The zero-order valence-electron chi connectivity index (χ0n) is 18.3. The van der Waals surface area contributed by atoms with Gasteiger partial charge in [-0.05, 0) is 43.5 Å². The molecule has 0 spiro atoms. The number of carbonyl (C=O) groups is 1. The van der Waals surface area contributed by atoms with Crippen molar-refractivity contribution in [3.63, 3.8) is 0 Å². The summed E-state index contributed by atoms with van der Waals surface area (Å²) in [5.74, 6) is 0.585. The first-order chi connectivity index (χ1) is 15.5. The summed E-state index contributed by atoms with van der Waals surface area (Å²) < 4.78 is 11.4. The van der Waals surface area contributed by atoms with Gasteiger partial charge in [-0.25, -0.2) is 0 Å². The van der Waals surface area contributed by atoms with E-state index in [0.29, 0.717) is 21.4 Å². The van der Waals surface area contributed by atoms with Gasteiger partial charge in [0.15, 0.2) is 0 Å². The van der Waals surface area contributed by atoms with E-state index in [0.717, 1.165) is 40.5 Å². The molecular formula is C26H27Cl2NO3. The van der Waals surface area contributed by atoms with E-state index in [9.17, 15) is 4.79 Å². The van der Waals surface area contributed by atoms with Crippen LogP contribution in [0.4, 0.5) is 0 Å². The molecule has 1 amide bonds. The van der Waals surface area contributed by atoms with Crippen LogP contribution in [0.3, 0.4) is 0 Å². The first-order valence-corrected chi connectivity index (χ1v) is 11.8. The Morgan fingerprint density at radius 1 is 1.09 bits per heavy atom. The summed E-state index contributed by atoms with van der Waals surface area (Å²) in [5, 5.41) is 5.19. The number of hydrogen-bond donors (Lipinski definition) is 1. The van der Waals surface area contributed by atoms with Gasteiger partial charge in [-0.3, -0.25) is 4.79 Å². The summed E-state index contributed by atoms with van der Waals surface area (Å²) in [7, 11) is 1.61. The van der Waals surface area contributed by atoms with Crippen LogP contribution in [0, 0.1) is 0 Å². The van der Waals surface area contributed by atoms with Crippen molar-refractivity contribution in [1.82, 2.24) is 5.32 Å². The minimum Gasteiger partial charge on any atom is -0.496 e. The fourth-order valence-corrected chi connectivity index (χ4v) is 4.90. The van der Waals surface area contributed by atoms with Crippen LogP contribution in [0.1, 0.15) is 51.0 Å². The van der Waals surface area contributed by atoms with Crippen LogP contribution in [0.2, 0.25) is 10.0 Å². The van der Waals surface area contributed by atoms with Gasteiger partial charge in [0.25, 0.3) is 0 Å². The Morgan fingerprint density at radius 3 is 2.53 bits per heavy atom. The number of amides is 1. The molecule has 6 heteroatoms. The molecule has 1 aliphatic rings. The molecule has 0 unspecified atom stereocenters. The second-order valence-electron chi connectivity index (χ2n) is 8.35. The number of rotatable bonds is 5. The Labute approximate surface area is 198 Å². The summed E-state index contributed by atoms with van der Waals surface area (Å²) in [4.78, 5) is 12.7. The lowest BCUT2D eigenvalue weighted by molar-refractivity contribution is -0.117. The molecule has 1 saturated carbocycles. The molecular weight excluding hydrogens is 445 g/mol. The van der Waals surface area contributed by atoms with Gasteiger partial charge in [0.1, 0.15) is 11.3 Å². The smallest absolute Gasteiger partial charge is 0.244 e. The zero-order valence-corrected chi connectivity index (χ0v) is 19.9. The second-order valence-corrected chi connectivity index (χ2v) is 9.19. The molecule has 1 fully saturated rings. The number of ether oxygens (including phenoxy) is 1. The molecule has 32 heavy (non-hydrogen) atoms. The molecule has 0 saturated heterocycles. The highest BCUT2D eigenvalue weighted by molar-refractivity contribution is 6.36. The number of carbonyl (C=O) groups excluding carboxylic acids is 1. The summed E-state index contributed by atoms with van der Waals surface area (Å²) in [5.41, 5.74) is 4.04. The number of hydrogen-bond acceptors (Lipinski definition) is 3. The molecule has 4 rings (SSSR count). The summed E-state index contributed by atoms with van der Waals surface area (Å²) in [6.07, 6.45) is 10.3. The summed E-state index contributed by atoms with van der Waals surface area (Å²) >= 11 is 12.5. The van der Waals surface area contributed by atoms with Gasteiger partial charge >= 0.3 is 0 Å². The van der Waals surface area contributed by atoms with E-state index in [4.69, 9.17) is 32.4 Å². The van der Waals surface area contributed by atoms with Crippen molar-refractivity contribution in [3.8, 4) is 16.9 Å². The van der Waals surface area contributed by atoms with Crippen LogP contribution in [-0.4, -0.2) is 19.1 Å². The fourth-order valence-electron chi connectivity index (χ4n) is 4.39. The van der Waals surface area contributed by atoms with Gasteiger partial charge < -0.3 is 14.5 Å².